The largest absolute Gasteiger partial charge is 0.398 e. The molecule has 0 aliphatic carbocycles. The average Bonchev–Trinajstić information content (AvgIpc) is 2.52. The first-order chi connectivity index (χ1) is 10.9. The van der Waals surface area contributed by atoms with Gasteiger partial charge in [-0.25, -0.2) is 8.78 Å². The van der Waals surface area contributed by atoms with E-state index in [1.807, 2.05) is 31.2 Å². The van der Waals surface area contributed by atoms with Gasteiger partial charge >= 0.3 is 0 Å². The van der Waals surface area contributed by atoms with Crippen LogP contribution in [0.2, 0.25) is 0 Å². The quantitative estimate of drug-likeness (QED) is 0.582. The van der Waals surface area contributed by atoms with Crippen molar-refractivity contribution < 1.29 is 8.78 Å². The van der Waals surface area contributed by atoms with E-state index < -0.39 is 11.6 Å². The van der Waals surface area contributed by atoms with Crippen LogP contribution in [0.15, 0.2) is 49.1 Å². The summed E-state index contributed by atoms with van der Waals surface area (Å²) >= 11 is 0. The summed E-state index contributed by atoms with van der Waals surface area (Å²) in [5, 5.41) is 0. The van der Waals surface area contributed by atoms with Crippen LogP contribution in [0.4, 0.5) is 8.78 Å². The molecule has 0 saturated carbocycles. The van der Waals surface area contributed by atoms with Gasteiger partial charge in [-0.1, -0.05) is 35.9 Å². The third-order valence-corrected chi connectivity index (χ3v) is 3.92. The SMILES string of the molecule is C=CCC/C(=C(/N)c1ccc(C)cc1)c1cc(F)cc(F)c1C. The van der Waals surface area contributed by atoms with Gasteiger partial charge in [0.15, 0.2) is 0 Å². The van der Waals surface area contributed by atoms with Crippen LogP contribution >= 0.6 is 0 Å². The number of aryl methyl sites for hydroxylation is 1. The van der Waals surface area contributed by atoms with Crippen molar-refractivity contribution in [3.05, 3.63) is 82.9 Å². The third-order valence-electron chi connectivity index (χ3n) is 3.92. The monoisotopic (exact) mass is 313 g/mol. The van der Waals surface area contributed by atoms with E-state index in [1.165, 1.54) is 6.07 Å². The van der Waals surface area contributed by atoms with Crippen molar-refractivity contribution in [3.63, 3.8) is 0 Å². The minimum atomic E-state index is -0.601. The molecule has 0 amide bonds. The number of allylic oxidation sites excluding steroid dienone is 2. The molecule has 0 spiro atoms. The van der Waals surface area contributed by atoms with E-state index in [0.29, 0.717) is 29.7 Å². The van der Waals surface area contributed by atoms with Gasteiger partial charge in [0.2, 0.25) is 0 Å². The van der Waals surface area contributed by atoms with Crippen LogP contribution in [0.25, 0.3) is 11.3 Å². The van der Waals surface area contributed by atoms with Gasteiger partial charge in [-0.15, -0.1) is 6.58 Å². The van der Waals surface area contributed by atoms with Crippen molar-refractivity contribution in [2.45, 2.75) is 26.7 Å². The van der Waals surface area contributed by atoms with Gasteiger partial charge in [-0.2, -0.15) is 0 Å². The Labute approximate surface area is 136 Å². The van der Waals surface area contributed by atoms with Crippen molar-refractivity contribution in [2.75, 3.05) is 0 Å². The lowest BCUT2D eigenvalue weighted by molar-refractivity contribution is 0.576. The molecule has 2 aromatic rings. The minimum absolute atomic E-state index is 0.403. The maximum atomic E-state index is 13.9. The summed E-state index contributed by atoms with van der Waals surface area (Å²) in [6.07, 6.45) is 3.03. The van der Waals surface area contributed by atoms with Crippen molar-refractivity contribution in [2.24, 2.45) is 5.73 Å². The van der Waals surface area contributed by atoms with Crippen molar-refractivity contribution in [1.29, 1.82) is 0 Å². The van der Waals surface area contributed by atoms with Crippen LogP contribution < -0.4 is 5.73 Å². The molecule has 120 valence electrons. The molecule has 2 aromatic carbocycles. The molecule has 23 heavy (non-hydrogen) atoms. The normalized spacial score (nSPS) is 12.0. The lowest BCUT2D eigenvalue weighted by Crippen LogP contribution is -2.04. The first kappa shape index (κ1) is 16.9. The Hall–Kier alpha value is -2.42. The highest BCUT2D eigenvalue weighted by molar-refractivity contribution is 5.90. The number of hydrogen-bond donors (Lipinski definition) is 1. The molecule has 0 heterocycles. The van der Waals surface area contributed by atoms with Crippen molar-refractivity contribution >= 4 is 11.3 Å². The van der Waals surface area contributed by atoms with E-state index in [2.05, 4.69) is 6.58 Å². The molecule has 0 aliphatic heterocycles. The van der Waals surface area contributed by atoms with Gasteiger partial charge in [-0.3, -0.25) is 0 Å². The second kappa shape index (κ2) is 7.23. The van der Waals surface area contributed by atoms with Crippen LogP contribution in [0.3, 0.4) is 0 Å². The third kappa shape index (κ3) is 3.86. The van der Waals surface area contributed by atoms with Gasteiger partial charge < -0.3 is 5.73 Å². The zero-order valence-corrected chi connectivity index (χ0v) is 13.5. The van der Waals surface area contributed by atoms with Crippen LogP contribution in [0.1, 0.15) is 35.1 Å². The van der Waals surface area contributed by atoms with E-state index in [9.17, 15) is 8.78 Å². The van der Waals surface area contributed by atoms with Crippen LogP contribution in [-0.2, 0) is 0 Å². The summed E-state index contributed by atoms with van der Waals surface area (Å²) in [6, 6.07) is 10.0. The molecular formula is C20H21F2N. The number of benzene rings is 2. The zero-order valence-electron chi connectivity index (χ0n) is 13.5. The predicted octanol–water partition coefficient (Wildman–Crippen LogP) is 5.37. The summed E-state index contributed by atoms with van der Waals surface area (Å²) in [5.41, 5.74) is 10.5. The van der Waals surface area contributed by atoms with Crippen LogP contribution in [0.5, 0.6) is 0 Å². The Morgan fingerprint density at radius 1 is 1.13 bits per heavy atom. The van der Waals surface area contributed by atoms with Gasteiger partial charge in [0.05, 0.1) is 0 Å². The lowest BCUT2D eigenvalue weighted by atomic mass is 9.92. The van der Waals surface area contributed by atoms with E-state index >= 15 is 0 Å². The minimum Gasteiger partial charge on any atom is -0.398 e. The Kier molecular flexibility index (Phi) is 5.32. The standard InChI is InChI=1S/C20H21F2N/c1-4-5-6-17(18-11-16(21)12-19(22)14(18)3)20(23)15-9-7-13(2)8-10-15/h4,7-12H,1,5-6,23H2,2-3H3/b20-17-. The fraction of sp³-hybridized carbons (Fsp3) is 0.200. The number of nitrogens with two attached hydrogens (primary N) is 1. The van der Waals surface area contributed by atoms with Gasteiger partial charge in [-0.05, 0) is 55.0 Å². The molecule has 0 bridgehead atoms. The summed E-state index contributed by atoms with van der Waals surface area (Å²) in [6.45, 7) is 7.35. The maximum absolute atomic E-state index is 13.9. The predicted molar refractivity (Wildman–Crippen MR) is 92.7 cm³/mol. The molecule has 0 fully saturated rings. The summed E-state index contributed by atoms with van der Waals surface area (Å²) in [7, 11) is 0. The van der Waals surface area contributed by atoms with Gasteiger partial charge in [0.25, 0.3) is 0 Å². The molecule has 3 heteroatoms. The molecule has 2 rings (SSSR count). The van der Waals surface area contributed by atoms with Gasteiger partial charge in [0, 0.05) is 11.8 Å². The first-order valence-corrected chi connectivity index (χ1v) is 7.56. The summed E-state index contributed by atoms with van der Waals surface area (Å²) in [4.78, 5) is 0. The molecule has 0 radical (unpaired) electrons. The Morgan fingerprint density at radius 3 is 2.39 bits per heavy atom. The lowest BCUT2D eigenvalue weighted by Gasteiger charge is -2.15. The fourth-order valence-electron chi connectivity index (χ4n) is 2.53. The highest BCUT2D eigenvalue weighted by Gasteiger charge is 2.15. The second-order valence-corrected chi connectivity index (χ2v) is 5.65. The molecular weight excluding hydrogens is 292 g/mol. The summed E-state index contributed by atoms with van der Waals surface area (Å²) < 4.78 is 27.6. The Morgan fingerprint density at radius 2 is 1.78 bits per heavy atom. The molecule has 2 N–H and O–H groups in total. The summed E-state index contributed by atoms with van der Waals surface area (Å²) in [5.74, 6) is -1.16. The highest BCUT2D eigenvalue weighted by Crippen LogP contribution is 2.31. The smallest absolute Gasteiger partial charge is 0.129 e. The number of hydrogen-bond acceptors (Lipinski definition) is 1. The molecule has 1 nitrogen and oxygen atoms in total. The van der Waals surface area contributed by atoms with E-state index in [4.69, 9.17) is 5.73 Å². The molecule has 0 saturated heterocycles. The average molecular weight is 313 g/mol. The Balaban J connectivity index is 2.63. The van der Waals surface area contributed by atoms with Crippen LogP contribution in [-0.4, -0.2) is 0 Å². The molecule has 0 aromatic heterocycles. The topological polar surface area (TPSA) is 26.0 Å². The first-order valence-electron chi connectivity index (χ1n) is 7.56. The maximum Gasteiger partial charge on any atom is 0.129 e. The molecule has 0 atom stereocenters. The zero-order chi connectivity index (χ0) is 17.0. The number of rotatable bonds is 5. The Bertz CT molecular complexity index is 743. The van der Waals surface area contributed by atoms with Crippen molar-refractivity contribution in [1.82, 2.24) is 0 Å². The number of halogens is 2. The second-order valence-electron chi connectivity index (χ2n) is 5.65. The highest BCUT2D eigenvalue weighted by atomic mass is 19.1. The van der Waals surface area contributed by atoms with E-state index in [-0.39, 0.29) is 0 Å². The van der Waals surface area contributed by atoms with Gasteiger partial charge in [0.1, 0.15) is 11.6 Å². The van der Waals surface area contributed by atoms with E-state index in [0.717, 1.165) is 22.8 Å². The van der Waals surface area contributed by atoms with Crippen LogP contribution in [0, 0.1) is 25.5 Å². The van der Waals surface area contributed by atoms with E-state index in [1.54, 1.807) is 13.0 Å². The van der Waals surface area contributed by atoms with Crippen molar-refractivity contribution in [3.8, 4) is 0 Å². The molecule has 0 aliphatic rings. The fourth-order valence-corrected chi connectivity index (χ4v) is 2.53. The molecule has 0 unspecified atom stereocenters.